The molecule has 138 valence electrons. The van der Waals surface area contributed by atoms with Crippen LogP contribution in [0.5, 0.6) is 0 Å². The normalized spacial score (nSPS) is 11.0. The van der Waals surface area contributed by atoms with Crippen molar-refractivity contribution >= 4 is 22.7 Å². The van der Waals surface area contributed by atoms with Crippen molar-refractivity contribution in [2.75, 3.05) is 6.61 Å². The van der Waals surface area contributed by atoms with Gasteiger partial charge in [-0.05, 0) is 36.2 Å². The van der Waals surface area contributed by atoms with Crippen LogP contribution in [0.25, 0.3) is 10.9 Å². The summed E-state index contributed by atoms with van der Waals surface area (Å²) < 4.78 is 32.0. The maximum Gasteiger partial charge on any atom is 0.339 e. The number of para-hydroxylation sites is 1. The summed E-state index contributed by atoms with van der Waals surface area (Å²) in [6, 6.07) is 11.3. The molecule has 0 atom stereocenters. The van der Waals surface area contributed by atoms with Gasteiger partial charge in [0, 0.05) is 11.1 Å². The zero-order chi connectivity index (χ0) is 19.6. The molecule has 0 aliphatic heterocycles. The molecule has 0 unspecified atom stereocenters. The lowest BCUT2D eigenvalue weighted by Gasteiger charge is -2.11. The van der Waals surface area contributed by atoms with E-state index in [1.54, 1.807) is 24.3 Å². The van der Waals surface area contributed by atoms with Gasteiger partial charge in [0.15, 0.2) is 6.61 Å². The van der Waals surface area contributed by atoms with Crippen molar-refractivity contribution in [3.8, 4) is 0 Å². The summed E-state index contributed by atoms with van der Waals surface area (Å²) in [5.74, 6) is -3.06. The topological polar surface area (TPSA) is 56.3 Å². The summed E-state index contributed by atoms with van der Waals surface area (Å²) in [5, 5.41) is 0.594. The van der Waals surface area contributed by atoms with Crippen LogP contribution in [0.3, 0.4) is 0 Å². The second-order valence-electron chi connectivity index (χ2n) is 6.39. The Morgan fingerprint density at radius 1 is 1.04 bits per heavy atom. The first kappa shape index (κ1) is 18.6. The van der Waals surface area contributed by atoms with Crippen LogP contribution in [-0.2, 0) is 4.74 Å². The fraction of sp³-hybridized carbons (Fsp3) is 0.190. The Labute approximate surface area is 154 Å². The first-order valence-corrected chi connectivity index (χ1v) is 8.42. The third-order valence-electron chi connectivity index (χ3n) is 4.11. The Kier molecular flexibility index (Phi) is 5.26. The highest BCUT2D eigenvalue weighted by atomic mass is 19.1. The SMILES string of the molecule is CC(C)c1cc(C(=O)OCC(=O)c2cc(F)ccc2F)c2ccccc2n1. The van der Waals surface area contributed by atoms with E-state index in [9.17, 15) is 18.4 Å². The maximum absolute atomic E-state index is 13.7. The van der Waals surface area contributed by atoms with E-state index in [0.29, 0.717) is 16.6 Å². The maximum atomic E-state index is 13.7. The summed E-state index contributed by atoms with van der Waals surface area (Å²) in [4.78, 5) is 29.2. The van der Waals surface area contributed by atoms with E-state index < -0.39 is 35.6 Å². The number of halogens is 2. The number of rotatable bonds is 5. The van der Waals surface area contributed by atoms with Gasteiger partial charge < -0.3 is 4.74 Å². The molecule has 0 bridgehead atoms. The van der Waals surface area contributed by atoms with Crippen molar-refractivity contribution in [2.24, 2.45) is 0 Å². The van der Waals surface area contributed by atoms with Crippen LogP contribution in [0.2, 0.25) is 0 Å². The number of pyridine rings is 1. The number of ether oxygens (including phenoxy) is 1. The largest absolute Gasteiger partial charge is 0.454 e. The fourth-order valence-electron chi connectivity index (χ4n) is 2.66. The second-order valence-corrected chi connectivity index (χ2v) is 6.39. The van der Waals surface area contributed by atoms with Gasteiger partial charge in [-0.2, -0.15) is 0 Å². The number of carbonyl (C=O) groups is 2. The van der Waals surface area contributed by atoms with E-state index >= 15 is 0 Å². The molecule has 0 saturated carbocycles. The van der Waals surface area contributed by atoms with Gasteiger partial charge >= 0.3 is 5.97 Å². The molecule has 0 saturated heterocycles. The number of ketones is 1. The van der Waals surface area contributed by atoms with Gasteiger partial charge in [0.2, 0.25) is 5.78 Å². The Morgan fingerprint density at radius 3 is 2.52 bits per heavy atom. The lowest BCUT2D eigenvalue weighted by Crippen LogP contribution is -2.16. The fourth-order valence-corrected chi connectivity index (χ4v) is 2.66. The first-order valence-electron chi connectivity index (χ1n) is 8.42. The van der Waals surface area contributed by atoms with Crippen LogP contribution in [-0.4, -0.2) is 23.3 Å². The number of hydrogen-bond acceptors (Lipinski definition) is 4. The summed E-state index contributed by atoms with van der Waals surface area (Å²) in [6.07, 6.45) is 0. The Bertz CT molecular complexity index is 1030. The lowest BCUT2D eigenvalue weighted by molar-refractivity contribution is 0.0475. The molecule has 0 aliphatic rings. The van der Waals surface area contributed by atoms with E-state index in [4.69, 9.17) is 4.74 Å². The predicted molar refractivity (Wildman–Crippen MR) is 96.8 cm³/mol. The predicted octanol–water partition coefficient (Wildman–Crippen LogP) is 4.68. The number of aromatic nitrogens is 1. The van der Waals surface area contributed by atoms with Gasteiger partial charge in [-0.1, -0.05) is 32.0 Å². The molecule has 0 radical (unpaired) electrons. The number of Topliss-reactive ketones (excluding diaryl/α,β-unsaturated/α-hetero) is 1. The number of benzene rings is 2. The molecule has 0 amide bonds. The number of carbonyl (C=O) groups excluding carboxylic acids is 2. The molecule has 27 heavy (non-hydrogen) atoms. The van der Waals surface area contributed by atoms with Crippen molar-refractivity contribution in [3.05, 3.63) is 77.0 Å². The third-order valence-corrected chi connectivity index (χ3v) is 4.11. The molecule has 6 heteroatoms. The van der Waals surface area contributed by atoms with Gasteiger partial charge in [-0.25, -0.2) is 13.6 Å². The van der Waals surface area contributed by atoms with Crippen LogP contribution in [0.15, 0.2) is 48.5 Å². The number of nitrogens with zero attached hydrogens (tertiary/aromatic N) is 1. The molecular weight excluding hydrogens is 352 g/mol. The van der Waals surface area contributed by atoms with E-state index in [1.165, 1.54) is 0 Å². The van der Waals surface area contributed by atoms with Crippen LogP contribution in [0.1, 0.15) is 46.2 Å². The van der Waals surface area contributed by atoms with Gasteiger partial charge in [-0.3, -0.25) is 9.78 Å². The monoisotopic (exact) mass is 369 g/mol. The van der Waals surface area contributed by atoms with Crippen LogP contribution < -0.4 is 0 Å². The van der Waals surface area contributed by atoms with E-state index in [1.807, 2.05) is 19.9 Å². The molecule has 0 fully saturated rings. The van der Waals surface area contributed by atoms with Crippen molar-refractivity contribution < 1.29 is 23.1 Å². The average molecular weight is 369 g/mol. The highest BCUT2D eigenvalue weighted by molar-refractivity contribution is 6.05. The van der Waals surface area contributed by atoms with Crippen molar-refractivity contribution in [3.63, 3.8) is 0 Å². The molecule has 0 N–H and O–H groups in total. The molecule has 0 spiro atoms. The highest BCUT2D eigenvalue weighted by Crippen LogP contribution is 2.23. The standard InChI is InChI=1S/C21H17F2NO3/c1-12(2)19-10-15(14-5-3-4-6-18(14)24-19)21(26)27-11-20(25)16-9-13(22)7-8-17(16)23/h3-10,12H,11H2,1-2H3. The minimum absolute atomic E-state index is 0.0872. The van der Waals surface area contributed by atoms with Crippen molar-refractivity contribution in [1.82, 2.24) is 4.98 Å². The van der Waals surface area contributed by atoms with Crippen molar-refractivity contribution in [2.45, 2.75) is 19.8 Å². The third kappa shape index (κ3) is 4.00. The zero-order valence-corrected chi connectivity index (χ0v) is 14.8. The minimum atomic E-state index is -0.867. The number of esters is 1. The Hall–Kier alpha value is -3.15. The van der Waals surface area contributed by atoms with Crippen LogP contribution >= 0.6 is 0 Å². The molecule has 2 aromatic carbocycles. The van der Waals surface area contributed by atoms with Crippen LogP contribution in [0.4, 0.5) is 8.78 Å². The molecule has 1 heterocycles. The smallest absolute Gasteiger partial charge is 0.339 e. The first-order chi connectivity index (χ1) is 12.9. The molecule has 4 nitrogen and oxygen atoms in total. The lowest BCUT2D eigenvalue weighted by atomic mass is 10.0. The van der Waals surface area contributed by atoms with Gasteiger partial charge in [0.25, 0.3) is 0 Å². The second kappa shape index (κ2) is 7.61. The molecule has 3 aromatic rings. The quantitative estimate of drug-likeness (QED) is 0.484. The van der Waals surface area contributed by atoms with E-state index in [-0.39, 0.29) is 11.5 Å². The molecular formula is C21H17F2NO3. The van der Waals surface area contributed by atoms with E-state index in [2.05, 4.69) is 4.98 Å². The van der Waals surface area contributed by atoms with Gasteiger partial charge in [0.05, 0.1) is 16.6 Å². The van der Waals surface area contributed by atoms with Crippen LogP contribution in [0, 0.1) is 11.6 Å². The summed E-state index contributed by atoms with van der Waals surface area (Å²) in [6.45, 7) is 3.21. The average Bonchev–Trinajstić information content (AvgIpc) is 2.66. The van der Waals surface area contributed by atoms with Crippen molar-refractivity contribution in [1.29, 1.82) is 0 Å². The summed E-state index contributed by atoms with van der Waals surface area (Å²) >= 11 is 0. The van der Waals surface area contributed by atoms with Gasteiger partial charge in [-0.15, -0.1) is 0 Å². The summed E-state index contributed by atoms with van der Waals surface area (Å²) in [5.41, 5.74) is 1.17. The molecule has 3 rings (SSSR count). The highest BCUT2D eigenvalue weighted by Gasteiger charge is 2.19. The molecule has 0 aliphatic carbocycles. The molecule has 1 aromatic heterocycles. The zero-order valence-electron chi connectivity index (χ0n) is 14.8. The van der Waals surface area contributed by atoms with E-state index in [0.717, 1.165) is 18.2 Å². The summed E-state index contributed by atoms with van der Waals surface area (Å²) in [7, 11) is 0. The number of hydrogen-bond donors (Lipinski definition) is 0. The number of fused-ring (bicyclic) bond motifs is 1. The van der Waals surface area contributed by atoms with Gasteiger partial charge in [0.1, 0.15) is 11.6 Å². The Morgan fingerprint density at radius 2 is 1.78 bits per heavy atom. The minimum Gasteiger partial charge on any atom is -0.454 e. The Balaban J connectivity index is 1.86.